The molecule has 30 heavy (non-hydrogen) atoms. The van der Waals surface area contributed by atoms with Crippen LogP contribution in [0, 0.1) is 11.6 Å². The van der Waals surface area contributed by atoms with Gasteiger partial charge in [0, 0.05) is 12.6 Å². The summed E-state index contributed by atoms with van der Waals surface area (Å²) < 4.78 is 29.0. The predicted molar refractivity (Wildman–Crippen MR) is 114 cm³/mol. The van der Waals surface area contributed by atoms with Crippen molar-refractivity contribution < 1.29 is 13.6 Å². The number of thioether (sulfide) groups is 1. The van der Waals surface area contributed by atoms with Gasteiger partial charge < -0.3 is 5.32 Å². The minimum atomic E-state index is -0.806. The largest absolute Gasteiger partial charge is 0.351 e. The number of benzene rings is 2. The number of nitrogens with one attached hydrogen (secondary N) is 1. The Morgan fingerprint density at radius 3 is 2.57 bits per heavy atom. The van der Waals surface area contributed by atoms with Crippen LogP contribution >= 0.6 is 23.1 Å². The first-order chi connectivity index (χ1) is 14.5. The molecule has 0 aliphatic heterocycles. The fourth-order valence-electron chi connectivity index (χ4n) is 2.86. The lowest BCUT2D eigenvalue weighted by Gasteiger charge is -2.12. The van der Waals surface area contributed by atoms with E-state index < -0.39 is 17.2 Å². The molecule has 9 heteroatoms. The molecule has 0 saturated heterocycles. The molecule has 152 valence electrons. The monoisotopic (exact) mass is 443 g/mol. The molecule has 0 bridgehead atoms. The number of nitrogens with zero attached hydrogens (tertiary/aromatic N) is 2. The molecular formula is C21H15F2N3O2S2. The fraction of sp³-hybridized carbons (Fsp3) is 0.0952. The number of halogens is 2. The zero-order valence-electron chi connectivity index (χ0n) is 15.5. The van der Waals surface area contributed by atoms with Gasteiger partial charge in [-0.2, -0.15) is 0 Å². The Morgan fingerprint density at radius 2 is 1.83 bits per heavy atom. The number of carbonyl (C=O) groups is 1. The molecular weight excluding hydrogens is 428 g/mol. The highest BCUT2D eigenvalue weighted by Gasteiger charge is 2.17. The lowest BCUT2D eigenvalue weighted by atomic mass is 10.2. The minimum Gasteiger partial charge on any atom is -0.351 e. The van der Waals surface area contributed by atoms with Gasteiger partial charge in [-0.25, -0.2) is 13.8 Å². The minimum absolute atomic E-state index is 0.00723. The molecule has 0 atom stereocenters. The second kappa shape index (κ2) is 8.76. The van der Waals surface area contributed by atoms with E-state index >= 15 is 0 Å². The van der Waals surface area contributed by atoms with Crippen LogP contribution in [0.2, 0.25) is 0 Å². The van der Waals surface area contributed by atoms with Crippen LogP contribution in [-0.2, 0) is 11.3 Å². The molecule has 0 unspecified atom stereocenters. The molecule has 1 amide bonds. The quantitative estimate of drug-likeness (QED) is 0.360. The van der Waals surface area contributed by atoms with Crippen molar-refractivity contribution in [3.8, 4) is 5.69 Å². The van der Waals surface area contributed by atoms with Gasteiger partial charge in [-0.3, -0.25) is 14.2 Å². The summed E-state index contributed by atoms with van der Waals surface area (Å²) in [6, 6.07) is 14.0. The van der Waals surface area contributed by atoms with Gasteiger partial charge in [-0.15, -0.1) is 11.3 Å². The first kappa shape index (κ1) is 20.2. The lowest BCUT2D eigenvalue weighted by Crippen LogP contribution is -2.26. The van der Waals surface area contributed by atoms with Gasteiger partial charge >= 0.3 is 0 Å². The van der Waals surface area contributed by atoms with Gasteiger partial charge in [0.1, 0.15) is 16.3 Å². The number of hydrogen-bond acceptors (Lipinski definition) is 5. The van der Waals surface area contributed by atoms with Crippen LogP contribution in [0.4, 0.5) is 8.78 Å². The maximum Gasteiger partial charge on any atom is 0.276 e. The van der Waals surface area contributed by atoms with Gasteiger partial charge in [0.15, 0.2) is 5.16 Å². The zero-order chi connectivity index (χ0) is 21.1. The number of aromatic nitrogens is 2. The topological polar surface area (TPSA) is 64.0 Å². The van der Waals surface area contributed by atoms with Crippen LogP contribution in [0.15, 0.2) is 69.9 Å². The summed E-state index contributed by atoms with van der Waals surface area (Å²) in [4.78, 5) is 29.7. The number of carbonyl (C=O) groups excluding carboxylic acids is 1. The van der Waals surface area contributed by atoms with Crippen LogP contribution in [0.5, 0.6) is 0 Å². The van der Waals surface area contributed by atoms with Gasteiger partial charge in [-0.1, -0.05) is 42.1 Å². The average Bonchev–Trinajstić information content (AvgIpc) is 3.20. The molecule has 0 saturated carbocycles. The highest BCUT2D eigenvalue weighted by Crippen LogP contribution is 2.24. The molecule has 0 aliphatic carbocycles. The van der Waals surface area contributed by atoms with Crippen LogP contribution in [0.25, 0.3) is 15.9 Å². The SMILES string of the molecule is O=C(CSc1nc2ccsc2c(=O)n1-c1cc(F)cc(F)c1)NCc1ccccc1. The van der Waals surface area contributed by atoms with Gasteiger partial charge in [-0.05, 0) is 29.1 Å². The fourth-order valence-corrected chi connectivity index (χ4v) is 4.46. The van der Waals surface area contributed by atoms with Crippen molar-refractivity contribution in [3.63, 3.8) is 0 Å². The van der Waals surface area contributed by atoms with Crippen molar-refractivity contribution in [1.29, 1.82) is 0 Å². The normalized spacial score (nSPS) is 11.0. The zero-order valence-corrected chi connectivity index (χ0v) is 17.1. The van der Waals surface area contributed by atoms with Crippen molar-refractivity contribution in [1.82, 2.24) is 14.9 Å². The molecule has 2 aromatic carbocycles. The average molecular weight is 444 g/mol. The Bertz CT molecular complexity index is 1250. The Morgan fingerprint density at radius 1 is 1.10 bits per heavy atom. The summed E-state index contributed by atoms with van der Waals surface area (Å²) in [6.07, 6.45) is 0. The third kappa shape index (κ3) is 4.42. The van der Waals surface area contributed by atoms with Crippen LogP contribution in [-0.4, -0.2) is 21.2 Å². The predicted octanol–water partition coefficient (Wildman–Crippen LogP) is 4.13. The van der Waals surface area contributed by atoms with Crippen LogP contribution in [0.3, 0.4) is 0 Å². The molecule has 1 N–H and O–H groups in total. The van der Waals surface area contributed by atoms with E-state index in [1.165, 1.54) is 11.3 Å². The van der Waals surface area contributed by atoms with E-state index in [9.17, 15) is 18.4 Å². The molecule has 2 heterocycles. The van der Waals surface area contributed by atoms with E-state index in [2.05, 4.69) is 10.3 Å². The van der Waals surface area contributed by atoms with Crippen molar-refractivity contribution in [3.05, 3.63) is 87.5 Å². The number of thiophene rings is 1. The molecule has 4 rings (SSSR count). The van der Waals surface area contributed by atoms with Crippen LogP contribution in [0.1, 0.15) is 5.56 Å². The van der Waals surface area contributed by atoms with Crippen molar-refractivity contribution in [2.45, 2.75) is 11.7 Å². The van der Waals surface area contributed by atoms with Crippen molar-refractivity contribution in [2.24, 2.45) is 0 Å². The van der Waals surface area contributed by atoms with Crippen molar-refractivity contribution in [2.75, 3.05) is 5.75 Å². The molecule has 0 spiro atoms. The summed E-state index contributed by atoms with van der Waals surface area (Å²) in [7, 11) is 0. The van der Waals surface area contributed by atoms with Crippen molar-refractivity contribution >= 4 is 39.2 Å². The summed E-state index contributed by atoms with van der Waals surface area (Å²) in [5.74, 6) is -1.87. The molecule has 4 aromatic rings. The van der Waals surface area contributed by atoms with Gasteiger partial charge in [0.2, 0.25) is 5.91 Å². The second-order valence-corrected chi connectivity index (χ2v) is 8.21. The Kier molecular flexibility index (Phi) is 5.91. The maximum absolute atomic E-state index is 13.8. The van der Waals surface area contributed by atoms with E-state index in [1.807, 2.05) is 30.3 Å². The van der Waals surface area contributed by atoms with E-state index in [4.69, 9.17) is 0 Å². The molecule has 0 radical (unpaired) electrons. The van der Waals surface area contributed by atoms with Crippen LogP contribution < -0.4 is 10.9 Å². The second-order valence-electron chi connectivity index (χ2n) is 6.35. The maximum atomic E-state index is 13.8. The van der Waals surface area contributed by atoms with Gasteiger partial charge in [0.25, 0.3) is 5.56 Å². The first-order valence-electron chi connectivity index (χ1n) is 8.91. The molecule has 5 nitrogen and oxygen atoms in total. The Labute approximate surface area is 178 Å². The highest BCUT2D eigenvalue weighted by molar-refractivity contribution is 7.99. The summed E-state index contributed by atoms with van der Waals surface area (Å²) in [5.41, 5.74) is 1.02. The highest BCUT2D eigenvalue weighted by atomic mass is 32.2. The van der Waals surface area contributed by atoms with E-state index in [-0.39, 0.29) is 22.5 Å². The first-order valence-corrected chi connectivity index (χ1v) is 10.8. The van der Waals surface area contributed by atoms with Gasteiger partial charge in [0.05, 0.1) is 17.0 Å². The molecule has 0 aliphatic rings. The molecule has 2 aromatic heterocycles. The third-order valence-corrected chi connectivity index (χ3v) is 6.05. The van der Waals surface area contributed by atoms with E-state index in [1.54, 1.807) is 11.4 Å². The standard InChI is InChI=1S/C21H15F2N3O2S2/c22-14-8-15(23)10-16(9-14)26-20(28)19-17(6-7-29-19)25-21(26)30-12-18(27)24-11-13-4-2-1-3-5-13/h1-10H,11-12H2,(H,24,27). The number of rotatable bonds is 6. The number of hydrogen-bond donors (Lipinski definition) is 1. The molecule has 0 fully saturated rings. The van der Waals surface area contributed by atoms with E-state index in [0.29, 0.717) is 16.8 Å². The summed E-state index contributed by atoms with van der Waals surface area (Å²) in [6.45, 7) is 0.374. The smallest absolute Gasteiger partial charge is 0.276 e. The van der Waals surface area contributed by atoms with E-state index in [0.717, 1.165) is 40.1 Å². The summed E-state index contributed by atoms with van der Waals surface area (Å²) in [5, 5.41) is 4.71. The lowest BCUT2D eigenvalue weighted by molar-refractivity contribution is -0.118. The number of fused-ring (bicyclic) bond motifs is 1. The summed E-state index contributed by atoms with van der Waals surface area (Å²) >= 11 is 2.23. The Hall–Kier alpha value is -3.04. The number of amides is 1. The Balaban J connectivity index is 1.61. The third-order valence-electron chi connectivity index (χ3n) is 4.22.